The monoisotopic (exact) mass is 179 g/mol. The molecule has 0 spiro atoms. The van der Waals surface area contributed by atoms with Crippen LogP contribution in [0.15, 0.2) is 18.3 Å². The van der Waals surface area contributed by atoms with Crippen molar-refractivity contribution in [2.75, 3.05) is 24.2 Å². The van der Waals surface area contributed by atoms with Crippen LogP contribution in [-0.2, 0) is 0 Å². The fourth-order valence-electron chi connectivity index (χ4n) is 0.999. The minimum absolute atomic E-state index is 0.659. The van der Waals surface area contributed by atoms with Crippen molar-refractivity contribution in [3.63, 3.8) is 0 Å². The minimum Gasteiger partial charge on any atom is -0.385 e. The number of hydrogen-bond donors (Lipinski definition) is 2. The minimum atomic E-state index is 0.659. The van der Waals surface area contributed by atoms with Crippen LogP contribution in [0, 0.1) is 5.92 Å². The second-order valence-corrected chi connectivity index (χ2v) is 3.45. The zero-order valence-corrected chi connectivity index (χ0v) is 8.46. The quantitative estimate of drug-likeness (QED) is 0.744. The van der Waals surface area contributed by atoms with E-state index in [2.05, 4.69) is 29.5 Å². The summed E-state index contributed by atoms with van der Waals surface area (Å²) >= 11 is 0. The number of anilines is 2. The summed E-state index contributed by atoms with van der Waals surface area (Å²) in [5, 5.41) is 6.34. The number of pyridine rings is 1. The van der Waals surface area contributed by atoms with E-state index in [9.17, 15) is 0 Å². The van der Waals surface area contributed by atoms with E-state index in [0.29, 0.717) is 5.92 Å². The maximum absolute atomic E-state index is 4.13. The molecule has 0 unspecified atom stereocenters. The van der Waals surface area contributed by atoms with Crippen LogP contribution >= 0.6 is 0 Å². The van der Waals surface area contributed by atoms with E-state index in [4.69, 9.17) is 0 Å². The maximum atomic E-state index is 4.13. The molecule has 0 fully saturated rings. The van der Waals surface area contributed by atoms with Gasteiger partial charge >= 0.3 is 0 Å². The average molecular weight is 179 g/mol. The summed E-state index contributed by atoms with van der Waals surface area (Å²) in [6.07, 6.45) is 1.80. The molecule has 0 aliphatic rings. The lowest BCUT2D eigenvalue weighted by molar-refractivity contribution is 0.689. The Morgan fingerprint density at radius 2 is 2.23 bits per heavy atom. The Morgan fingerprint density at radius 3 is 2.85 bits per heavy atom. The van der Waals surface area contributed by atoms with Gasteiger partial charge in [0.1, 0.15) is 5.82 Å². The van der Waals surface area contributed by atoms with Gasteiger partial charge in [0.25, 0.3) is 0 Å². The maximum Gasteiger partial charge on any atom is 0.127 e. The zero-order chi connectivity index (χ0) is 9.68. The molecule has 0 radical (unpaired) electrons. The Labute approximate surface area is 79.6 Å². The van der Waals surface area contributed by atoms with Gasteiger partial charge in [0, 0.05) is 31.5 Å². The number of hydrogen-bond acceptors (Lipinski definition) is 3. The van der Waals surface area contributed by atoms with Gasteiger partial charge in [-0.05, 0) is 12.0 Å². The Balaban J connectivity index is 2.56. The van der Waals surface area contributed by atoms with Gasteiger partial charge in [0.15, 0.2) is 0 Å². The van der Waals surface area contributed by atoms with Gasteiger partial charge in [-0.2, -0.15) is 0 Å². The summed E-state index contributed by atoms with van der Waals surface area (Å²) in [4.78, 5) is 4.13. The summed E-state index contributed by atoms with van der Waals surface area (Å²) in [5.74, 6) is 1.56. The molecule has 0 aliphatic carbocycles. The molecule has 0 saturated heterocycles. The van der Waals surface area contributed by atoms with E-state index in [0.717, 1.165) is 18.1 Å². The fraction of sp³-hybridized carbons (Fsp3) is 0.500. The molecular weight excluding hydrogens is 162 g/mol. The van der Waals surface area contributed by atoms with Crippen molar-refractivity contribution in [3.05, 3.63) is 18.3 Å². The second kappa shape index (κ2) is 4.70. The molecule has 0 atom stereocenters. The third-order valence-electron chi connectivity index (χ3n) is 1.73. The lowest BCUT2D eigenvalue weighted by atomic mass is 10.2. The zero-order valence-electron chi connectivity index (χ0n) is 8.46. The Bertz CT molecular complexity index is 258. The normalized spacial score (nSPS) is 10.2. The lowest BCUT2D eigenvalue weighted by Gasteiger charge is -2.09. The topological polar surface area (TPSA) is 37.0 Å². The van der Waals surface area contributed by atoms with Crippen LogP contribution in [0.4, 0.5) is 11.5 Å². The summed E-state index contributed by atoms with van der Waals surface area (Å²) in [7, 11) is 1.87. The number of nitrogens with one attached hydrogen (secondary N) is 2. The molecular formula is C10H17N3. The van der Waals surface area contributed by atoms with Crippen molar-refractivity contribution < 1.29 is 0 Å². The standard InChI is InChI=1S/C10H17N3/c1-8(2)7-13-9-4-5-12-10(6-9)11-3/h4-6,8H,7H2,1-3H3,(H2,11,12,13). The molecule has 72 valence electrons. The van der Waals surface area contributed by atoms with Crippen molar-refractivity contribution in [2.45, 2.75) is 13.8 Å². The average Bonchev–Trinajstić information content (AvgIpc) is 2.15. The predicted molar refractivity (Wildman–Crippen MR) is 57.1 cm³/mol. The molecule has 1 rings (SSSR count). The highest BCUT2D eigenvalue weighted by Crippen LogP contribution is 2.11. The summed E-state index contributed by atoms with van der Waals surface area (Å²) in [5.41, 5.74) is 1.12. The van der Waals surface area contributed by atoms with E-state index in [1.807, 2.05) is 19.2 Å². The molecule has 1 aromatic heterocycles. The first-order valence-corrected chi connectivity index (χ1v) is 4.60. The smallest absolute Gasteiger partial charge is 0.127 e. The Morgan fingerprint density at radius 1 is 1.46 bits per heavy atom. The van der Waals surface area contributed by atoms with E-state index in [-0.39, 0.29) is 0 Å². The Kier molecular flexibility index (Phi) is 3.55. The van der Waals surface area contributed by atoms with Gasteiger partial charge in [0.2, 0.25) is 0 Å². The van der Waals surface area contributed by atoms with E-state index >= 15 is 0 Å². The molecule has 0 aliphatic heterocycles. The molecule has 3 nitrogen and oxygen atoms in total. The number of rotatable bonds is 4. The molecule has 0 aromatic carbocycles. The Hall–Kier alpha value is -1.25. The largest absolute Gasteiger partial charge is 0.385 e. The number of nitrogens with zero attached hydrogens (tertiary/aromatic N) is 1. The van der Waals surface area contributed by atoms with Crippen LogP contribution in [-0.4, -0.2) is 18.6 Å². The van der Waals surface area contributed by atoms with Gasteiger partial charge in [-0.3, -0.25) is 0 Å². The second-order valence-electron chi connectivity index (χ2n) is 3.45. The predicted octanol–water partition coefficient (Wildman–Crippen LogP) is 2.19. The SMILES string of the molecule is CNc1cc(NCC(C)C)ccn1. The van der Waals surface area contributed by atoms with Crippen LogP contribution in [0.3, 0.4) is 0 Å². The van der Waals surface area contributed by atoms with Gasteiger partial charge in [-0.15, -0.1) is 0 Å². The van der Waals surface area contributed by atoms with Gasteiger partial charge in [-0.25, -0.2) is 4.98 Å². The fourth-order valence-corrected chi connectivity index (χ4v) is 0.999. The van der Waals surface area contributed by atoms with Gasteiger partial charge < -0.3 is 10.6 Å². The van der Waals surface area contributed by atoms with Gasteiger partial charge in [0.05, 0.1) is 0 Å². The number of aromatic nitrogens is 1. The highest BCUT2D eigenvalue weighted by atomic mass is 15.0. The van der Waals surface area contributed by atoms with E-state index in [1.54, 1.807) is 6.20 Å². The molecule has 3 heteroatoms. The van der Waals surface area contributed by atoms with Crippen molar-refractivity contribution in [1.29, 1.82) is 0 Å². The van der Waals surface area contributed by atoms with E-state index in [1.165, 1.54) is 0 Å². The first-order valence-electron chi connectivity index (χ1n) is 4.60. The molecule has 1 aromatic rings. The van der Waals surface area contributed by atoms with Crippen LogP contribution in [0.5, 0.6) is 0 Å². The lowest BCUT2D eigenvalue weighted by Crippen LogP contribution is -2.08. The van der Waals surface area contributed by atoms with Crippen molar-refractivity contribution in [1.82, 2.24) is 4.98 Å². The molecule has 0 saturated carbocycles. The van der Waals surface area contributed by atoms with Crippen molar-refractivity contribution in [3.8, 4) is 0 Å². The summed E-state index contributed by atoms with van der Waals surface area (Å²) in [6, 6.07) is 3.98. The molecule has 2 N–H and O–H groups in total. The molecule has 13 heavy (non-hydrogen) atoms. The first kappa shape index (κ1) is 9.84. The van der Waals surface area contributed by atoms with E-state index < -0.39 is 0 Å². The van der Waals surface area contributed by atoms with Crippen LogP contribution < -0.4 is 10.6 Å². The van der Waals surface area contributed by atoms with Crippen LogP contribution in [0.1, 0.15) is 13.8 Å². The van der Waals surface area contributed by atoms with Crippen molar-refractivity contribution >= 4 is 11.5 Å². The first-order chi connectivity index (χ1) is 6.22. The summed E-state index contributed by atoms with van der Waals surface area (Å²) in [6.45, 7) is 5.37. The summed E-state index contributed by atoms with van der Waals surface area (Å²) < 4.78 is 0. The highest BCUT2D eigenvalue weighted by Gasteiger charge is 1.96. The molecule has 1 heterocycles. The van der Waals surface area contributed by atoms with Crippen LogP contribution in [0.25, 0.3) is 0 Å². The molecule has 0 amide bonds. The third kappa shape index (κ3) is 3.32. The third-order valence-corrected chi connectivity index (χ3v) is 1.73. The highest BCUT2D eigenvalue weighted by molar-refractivity contribution is 5.51. The molecule has 0 bridgehead atoms. The van der Waals surface area contributed by atoms with Crippen LogP contribution in [0.2, 0.25) is 0 Å². The van der Waals surface area contributed by atoms with Gasteiger partial charge in [-0.1, -0.05) is 13.8 Å². The van der Waals surface area contributed by atoms with Crippen molar-refractivity contribution in [2.24, 2.45) is 5.92 Å².